The van der Waals surface area contributed by atoms with Crippen LogP contribution in [0.3, 0.4) is 0 Å². The van der Waals surface area contributed by atoms with Gasteiger partial charge in [-0.2, -0.15) is 5.10 Å². The zero-order valence-corrected chi connectivity index (χ0v) is 16.6. The number of benzene rings is 1. The topological polar surface area (TPSA) is 101 Å². The highest BCUT2D eigenvalue weighted by molar-refractivity contribution is 5.89. The van der Waals surface area contributed by atoms with E-state index in [1.807, 2.05) is 54.1 Å². The maximum Gasteiger partial charge on any atom is 0.328 e. The van der Waals surface area contributed by atoms with Gasteiger partial charge in [0.15, 0.2) is 5.82 Å². The lowest BCUT2D eigenvalue weighted by molar-refractivity contribution is -0.134. The summed E-state index contributed by atoms with van der Waals surface area (Å²) < 4.78 is 17.1. The van der Waals surface area contributed by atoms with Crippen molar-refractivity contribution in [3.8, 4) is 16.9 Å². The Bertz CT molecular complexity index is 977. The van der Waals surface area contributed by atoms with Gasteiger partial charge in [-0.1, -0.05) is 12.1 Å². The number of likely N-dealkylation sites (N-methyl/N-ethyl adjacent to an activating group) is 1. The minimum Gasteiger partial charge on any atom is -0.478 e. The third-order valence-electron chi connectivity index (χ3n) is 3.89. The van der Waals surface area contributed by atoms with Crippen LogP contribution in [0.1, 0.15) is 0 Å². The molecule has 3 aromatic rings. The van der Waals surface area contributed by atoms with Crippen molar-refractivity contribution in [1.29, 1.82) is 0 Å². The van der Waals surface area contributed by atoms with Gasteiger partial charge >= 0.3 is 11.9 Å². The summed E-state index contributed by atoms with van der Waals surface area (Å²) in [5, 5.41) is 20.3. The van der Waals surface area contributed by atoms with Crippen molar-refractivity contribution < 1.29 is 24.2 Å². The molecule has 0 amide bonds. The number of carboxylic acids is 2. The smallest absolute Gasteiger partial charge is 0.328 e. The van der Waals surface area contributed by atoms with E-state index in [2.05, 4.69) is 10.00 Å². The fourth-order valence-electron chi connectivity index (χ4n) is 2.47. The van der Waals surface area contributed by atoms with Crippen molar-refractivity contribution in [3.63, 3.8) is 0 Å². The van der Waals surface area contributed by atoms with E-state index in [1.165, 1.54) is 12.1 Å². The highest BCUT2D eigenvalue weighted by Crippen LogP contribution is 2.26. The lowest BCUT2D eigenvalue weighted by Gasteiger charge is -2.08. The van der Waals surface area contributed by atoms with Crippen LogP contribution in [0.4, 0.5) is 4.39 Å². The number of hydrogen-bond acceptors (Lipinski definition) is 4. The second-order valence-corrected chi connectivity index (χ2v) is 6.54. The number of rotatable bonds is 7. The Morgan fingerprint density at radius 2 is 1.63 bits per heavy atom. The molecule has 0 saturated carbocycles. The van der Waals surface area contributed by atoms with Crippen LogP contribution in [0.2, 0.25) is 0 Å². The Morgan fingerprint density at radius 1 is 1.07 bits per heavy atom. The van der Waals surface area contributed by atoms with Crippen LogP contribution >= 0.6 is 0 Å². The number of aromatic nitrogens is 3. The molecule has 0 aliphatic rings. The maximum atomic E-state index is 13.2. The van der Waals surface area contributed by atoms with Gasteiger partial charge in [0.1, 0.15) is 5.82 Å². The molecule has 0 radical (unpaired) electrons. The number of nitrogens with zero attached hydrogens (tertiary/aromatic N) is 4. The van der Waals surface area contributed by atoms with Gasteiger partial charge < -0.3 is 19.7 Å². The molecule has 158 valence electrons. The summed E-state index contributed by atoms with van der Waals surface area (Å²) in [5.74, 6) is -1.89. The molecule has 2 heterocycles. The second kappa shape index (κ2) is 10.7. The SMILES string of the molecule is CN(C)CCn1cc(-c2ccc(F)cc2)c(-n2cccc2)n1.O=C(O)/C=C\C(=O)O. The predicted molar refractivity (Wildman–Crippen MR) is 110 cm³/mol. The summed E-state index contributed by atoms with van der Waals surface area (Å²) in [6, 6.07) is 10.5. The Labute approximate surface area is 173 Å². The minimum absolute atomic E-state index is 0.230. The maximum absolute atomic E-state index is 13.2. The van der Waals surface area contributed by atoms with Gasteiger partial charge in [0.05, 0.1) is 6.54 Å². The van der Waals surface area contributed by atoms with Gasteiger partial charge in [-0.25, -0.2) is 14.0 Å². The Kier molecular flexibility index (Phi) is 8.07. The van der Waals surface area contributed by atoms with Crippen LogP contribution in [-0.4, -0.2) is 62.0 Å². The van der Waals surface area contributed by atoms with Gasteiger partial charge in [0, 0.05) is 42.9 Å². The second-order valence-electron chi connectivity index (χ2n) is 6.54. The summed E-state index contributed by atoms with van der Waals surface area (Å²) in [6.45, 7) is 1.72. The van der Waals surface area contributed by atoms with Crippen LogP contribution in [-0.2, 0) is 16.1 Å². The molecule has 0 fully saturated rings. The minimum atomic E-state index is -1.26. The normalized spacial score (nSPS) is 10.8. The number of carboxylic acid groups (broad SMARTS) is 2. The molecule has 8 nitrogen and oxygen atoms in total. The Hall–Kier alpha value is -3.72. The average molecular weight is 414 g/mol. The molecule has 0 bridgehead atoms. The first kappa shape index (κ1) is 22.6. The molecule has 3 rings (SSSR count). The van der Waals surface area contributed by atoms with Gasteiger partial charge in [-0.15, -0.1) is 0 Å². The standard InChI is InChI=1S/C17H19FN4.C4H4O4/c1-20(2)11-12-22-13-16(14-5-7-15(18)8-6-14)17(19-22)21-9-3-4-10-21;5-3(6)1-2-4(7)8/h3-10,13H,11-12H2,1-2H3;1-2H,(H,5,6)(H,7,8)/b;2-1-. The van der Waals surface area contributed by atoms with E-state index in [1.54, 1.807) is 12.1 Å². The third kappa shape index (κ3) is 7.02. The van der Waals surface area contributed by atoms with E-state index in [9.17, 15) is 14.0 Å². The summed E-state index contributed by atoms with van der Waals surface area (Å²) in [6.07, 6.45) is 7.06. The van der Waals surface area contributed by atoms with Gasteiger partial charge in [0.25, 0.3) is 0 Å². The lowest BCUT2D eigenvalue weighted by Crippen LogP contribution is -2.18. The molecule has 2 N–H and O–H groups in total. The van der Waals surface area contributed by atoms with E-state index < -0.39 is 11.9 Å². The Balaban J connectivity index is 0.000000343. The lowest BCUT2D eigenvalue weighted by atomic mass is 10.1. The van der Waals surface area contributed by atoms with E-state index in [0.717, 1.165) is 30.0 Å². The Morgan fingerprint density at radius 3 is 2.13 bits per heavy atom. The van der Waals surface area contributed by atoms with Crippen LogP contribution in [0.5, 0.6) is 0 Å². The fourth-order valence-corrected chi connectivity index (χ4v) is 2.47. The molecular weight excluding hydrogens is 391 g/mol. The molecule has 0 atom stereocenters. The molecule has 0 saturated heterocycles. The van der Waals surface area contributed by atoms with Crippen LogP contribution in [0.25, 0.3) is 16.9 Å². The zero-order chi connectivity index (χ0) is 22.1. The molecular formula is C21H23FN4O4. The number of carbonyl (C=O) groups is 2. The molecule has 9 heteroatoms. The number of hydrogen-bond donors (Lipinski definition) is 2. The first-order chi connectivity index (χ1) is 14.3. The van der Waals surface area contributed by atoms with Crippen molar-refractivity contribution in [1.82, 2.24) is 19.2 Å². The van der Waals surface area contributed by atoms with E-state index in [4.69, 9.17) is 10.2 Å². The highest BCUT2D eigenvalue weighted by Gasteiger charge is 2.12. The first-order valence-corrected chi connectivity index (χ1v) is 9.01. The molecule has 0 aliphatic carbocycles. The van der Waals surface area contributed by atoms with Crippen LogP contribution in [0.15, 0.2) is 67.1 Å². The first-order valence-electron chi connectivity index (χ1n) is 9.01. The summed E-state index contributed by atoms with van der Waals surface area (Å²) in [7, 11) is 4.08. The largest absolute Gasteiger partial charge is 0.478 e. The highest BCUT2D eigenvalue weighted by atomic mass is 19.1. The fraction of sp³-hybridized carbons (Fsp3) is 0.190. The summed E-state index contributed by atoms with van der Waals surface area (Å²) in [5.41, 5.74) is 1.95. The van der Waals surface area contributed by atoms with Crippen molar-refractivity contribution in [2.45, 2.75) is 6.54 Å². The van der Waals surface area contributed by atoms with E-state index >= 15 is 0 Å². The number of aliphatic carboxylic acids is 2. The molecule has 2 aromatic heterocycles. The van der Waals surface area contributed by atoms with Crippen molar-refractivity contribution in [2.75, 3.05) is 20.6 Å². The van der Waals surface area contributed by atoms with Crippen molar-refractivity contribution >= 4 is 11.9 Å². The van der Waals surface area contributed by atoms with Crippen molar-refractivity contribution in [2.24, 2.45) is 0 Å². The number of halogens is 1. The van der Waals surface area contributed by atoms with Gasteiger partial charge in [-0.05, 0) is 43.9 Å². The predicted octanol–water partition coefficient (Wildman–Crippen LogP) is 2.75. The zero-order valence-electron chi connectivity index (χ0n) is 16.6. The van der Waals surface area contributed by atoms with E-state index in [-0.39, 0.29) is 5.82 Å². The summed E-state index contributed by atoms with van der Waals surface area (Å²) in [4.78, 5) is 21.2. The van der Waals surface area contributed by atoms with Crippen LogP contribution in [0, 0.1) is 5.82 Å². The molecule has 0 aliphatic heterocycles. The molecule has 0 unspecified atom stereocenters. The van der Waals surface area contributed by atoms with E-state index in [0.29, 0.717) is 12.2 Å². The quantitative estimate of drug-likeness (QED) is 0.577. The van der Waals surface area contributed by atoms with Gasteiger partial charge in [-0.3, -0.25) is 4.68 Å². The molecule has 30 heavy (non-hydrogen) atoms. The van der Waals surface area contributed by atoms with Crippen molar-refractivity contribution in [3.05, 3.63) is 73.0 Å². The summed E-state index contributed by atoms with van der Waals surface area (Å²) >= 11 is 0. The average Bonchev–Trinajstić information content (AvgIpc) is 3.35. The van der Waals surface area contributed by atoms with Gasteiger partial charge in [0.2, 0.25) is 0 Å². The monoisotopic (exact) mass is 414 g/mol. The van der Waals surface area contributed by atoms with Crippen LogP contribution < -0.4 is 0 Å². The molecule has 0 spiro atoms. The molecule has 1 aromatic carbocycles. The third-order valence-corrected chi connectivity index (χ3v) is 3.89.